The highest BCUT2D eigenvalue weighted by Gasteiger charge is 2.12. The van der Waals surface area contributed by atoms with Gasteiger partial charge in [-0.05, 0) is 24.3 Å². The number of amides is 1. The maximum absolute atomic E-state index is 13.4. The van der Waals surface area contributed by atoms with E-state index < -0.39 is 11.9 Å². The molecule has 0 saturated heterocycles. The average Bonchev–Trinajstić information content (AvgIpc) is 2.47. The summed E-state index contributed by atoms with van der Waals surface area (Å²) in [6.07, 6.45) is 0. The van der Waals surface area contributed by atoms with Crippen molar-refractivity contribution in [1.82, 2.24) is 0 Å². The Morgan fingerprint density at radius 3 is 2.48 bits per heavy atom. The van der Waals surface area contributed by atoms with Crippen LogP contribution in [0.2, 0.25) is 0 Å². The zero-order valence-corrected chi connectivity index (χ0v) is 11.7. The highest BCUT2D eigenvalue weighted by molar-refractivity contribution is 8.00. The maximum atomic E-state index is 13.4. The zero-order chi connectivity index (χ0) is 15.2. The van der Waals surface area contributed by atoms with Crippen LogP contribution >= 0.6 is 11.8 Å². The molecule has 0 heterocycles. The van der Waals surface area contributed by atoms with Crippen molar-refractivity contribution in [2.45, 2.75) is 4.90 Å². The molecule has 0 spiro atoms. The van der Waals surface area contributed by atoms with Crippen molar-refractivity contribution < 1.29 is 19.1 Å². The van der Waals surface area contributed by atoms with Gasteiger partial charge in [-0.15, -0.1) is 11.8 Å². The molecule has 2 aromatic rings. The third-order valence-corrected chi connectivity index (χ3v) is 3.68. The Kier molecular flexibility index (Phi) is 4.94. The summed E-state index contributed by atoms with van der Waals surface area (Å²) < 4.78 is 13.4. The molecule has 2 N–H and O–H groups in total. The SMILES string of the molecule is O=C(CSc1ccccc1F)Nc1ccccc1C(=O)O. The van der Waals surface area contributed by atoms with Crippen LogP contribution in [0.4, 0.5) is 10.1 Å². The number of nitrogens with one attached hydrogen (secondary N) is 1. The fourth-order valence-corrected chi connectivity index (χ4v) is 2.41. The highest BCUT2D eigenvalue weighted by Crippen LogP contribution is 2.22. The quantitative estimate of drug-likeness (QED) is 0.832. The summed E-state index contributed by atoms with van der Waals surface area (Å²) in [6, 6.07) is 12.3. The van der Waals surface area contributed by atoms with E-state index in [1.54, 1.807) is 30.3 Å². The van der Waals surface area contributed by atoms with E-state index in [0.717, 1.165) is 11.8 Å². The molecule has 0 saturated carbocycles. The molecular weight excluding hydrogens is 293 g/mol. The van der Waals surface area contributed by atoms with Gasteiger partial charge in [-0.2, -0.15) is 0 Å². The van der Waals surface area contributed by atoms with E-state index in [-0.39, 0.29) is 22.8 Å². The fourth-order valence-electron chi connectivity index (χ4n) is 1.67. The molecule has 0 aromatic heterocycles. The Balaban J connectivity index is 2.00. The van der Waals surface area contributed by atoms with Crippen molar-refractivity contribution >= 4 is 29.3 Å². The first-order valence-corrected chi connectivity index (χ1v) is 7.06. The van der Waals surface area contributed by atoms with Crippen LogP contribution in [-0.4, -0.2) is 22.7 Å². The van der Waals surface area contributed by atoms with Gasteiger partial charge in [-0.3, -0.25) is 4.79 Å². The second kappa shape index (κ2) is 6.90. The summed E-state index contributed by atoms with van der Waals surface area (Å²) in [7, 11) is 0. The second-order valence-corrected chi connectivity index (χ2v) is 5.14. The van der Waals surface area contributed by atoms with Crippen molar-refractivity contribution in [1.29, 1.82) is 0 Å². The Hall–Kier alpha value is -2.34. The summed E-state index contributed by atoms with van der Waals surface area (Å²) in [5, 5.41) is 11.5. The smallest absolute Gasteiger partial charge is 0.337 e. The molecule has 2 rings (SSSR count). The summed E-state index contributed by atoms with van der Waals surface area (Å²) in [6.45, 7) is 0. The number of thioether (sulfide) groups is 1. The van der Waals surface area contributed by atoms with Crippen LogP contribution in [0.25, 0.3) is 0 Å². The lowest BCUT2D eigenvalue weighted by Gasteiger charge is -2.08. The standard InChI is InChI=1S/C15H12FNO3S/c16-11-6-2-4-8-13(11)21-9-14(18)17-12-7-3-1-5-10(12)15(19)20/h1-8H,9H2,(H,17,18)(H,19,20). The molecule has 4 nitrogen and oxygen atoms in total. The molecule has 0 bridgehead atoms. The van der Waals surface area contributed by atoms with Crippen LogP contribution in [0.1, 0.15) is 10.4 Å². The first-order valence-electron chi connectivity index (χ1n) is 6.07. The molecule has 108 valence electrons. The van der Waals surface area contributed by atoms with Gasteiger partial charge in [0, 0.05) is 4.90 Å². The molecule has 0 aliphatic rings. The lowest BCUT2D eigenvalue weighted by molar-refractivity contribution is -0.113. The molecule has 2 aromatic carbocycles. The van der Waals surface area contributed by atoms with Crippen molar-refractivity contribution in [3.05, 3.63) is 59.9 Å². The number of halogens is 1. The molecule has 0 atom stereocenters. The van der Waals surface area contributed by atoms with Crippen molar-refractivity contribution in [3.63, 3.8) is 0 Å². The summed E-state index contributed by atoms with van der Waals surface area (Å²) in [4.78, 5) is 23.2. The van der Waals surface area contributed by atoms with E-state index in [1.807, 2.05) is 0 Å². The topological polar surface area (TPSA) is 66.4 Å². The van der Waals surface area contributed by atoms with Crippen LogP contribution in [0.3, 0.4) is 0 Å². The number of aromatic carboxylic acids is 1. The lowest BCUT2D eigenvalue weighted by Crippen LogP contribution is -2.16. The van der Waals surface area contributed by atoms with Gasteiger partial charge in [0.1, 0.15) is 5.82 Å². The number of carbonyl (C=O) groups is 2. The number of carboxylic acid groups (broad SMARTS) is 1. The Morgan fingerprint density at radius 2 is 1.76 bits per heavy atom. The number of para-hydroxylation sites is 1. The minimum absolute atomic E-state index is 0.00507. The largest absolute Gasteiger partial charge is 0.478 e. The fraction of sp³-hybridized carbons (Fsp3) is 0.0667. The Labute approximate surface area is 125 Å². The minimum Gasteiger partial charge on any atom is -0.478 e. The van der Waals surface area contributed by atoms with E-state index >= 15 is 0 Å². The van der Waals surface area contributed by atoms with Gasteiger partial charge in [-0.1, -0.05) is 24.3 Å². The van der Waals surface area contributed by atoms with Crippen LogP contribution in [0.15, 0.2) is 53.4 Å². The predicted molar refractivity (Wildman–Crippen MR) is 79.2 cm³/mol. The van der Waals surface area contributed by atoms with Gasteiger partial charge in [-0.25, -0.2) is 9.18 Å². The second-order valence-electron chi connectivity index (χ2n) is 4.12. The van der Waals surface area contributed by atoms with Gasteiger partial charge in [0.25, 0.3) is 0 Å². The van der Waals surface area contributed by atoms with E-state index in [4.69, 9.17) is 5.11 Å². The summed E-state index contributed by atoms with van der Waals surface area (Å²) in [5.74, 6) is -1.90. The summed E-state index contributed by atoms with van der Waals surface area (Å²) >= 11 is 1.05. The molecular formula is C15H12FNO3S. The normalized spacial score (nSPS) is 10.1. The van der Waals surface area contributed by atoms with Gasteiger partial charge in [0.05, 0.1) is 17.0 Å². The number of carbonyl (C=O) groups excluding carboxylic acids is 1. The number of benzene rings is 2. The van der Waals surface area contributed by atoms with Crippen LogP contribution < -0.4 is 5.32 Å². The van der Waals surface area contributed by atoms with Gasteiger partial charge >= 0.3 is 5.97 Å². The lowest BCUT2D eigenvalue weighted by atomic mass is 10.2. The first-order chi connectivity index (χ1) is 10.1. The first kappa shape index (κ1) is 15.1. The number of rotatable bonds is 5. The average molecular weight is 305 g/mol. The van der Waals surface area contributed by atoms with Gasteiger partial charge in [0.15, 0.2) is 0 Å². The van der Waals surface area contributed by atoms with Crippen LogP contribution in [0.5, 0.6) is 0 Å². The van der Waals surface area contributed by atoms with Crippen molar-refractivity contribution in [2.75, 3.05) is 11.1 Å². The molecule has 6 heteroatoms. The summed E-state index contributed by atoms with van der Waals surface area (Å²) in [5.41, 5.74) is 0.242. The molecule has 0 aliphatic heterocycles. The van der Waals surface area contributed by atoms with E-state index in [9.17, 15) is 14.0 Å². The minimum atomic E-state index is -1.12. The van der Waals surface area contributed by atoms with Crippen molar-refractivity contribution in [2.24, 2.45) is 0 Å². The maximum Gasteiger partial charge on any atom is 0.337 e. The van der Waals surface area contributed by atoms with E-state index in [0.29, 0.717) is 4.90 Å². The molecule has 0 unspecified atom stereocenters. The third kappa shape index (κ3) is 4.06. The zero-order valence-electron chi connectivity index (χ0n) is 10.9. The van der Waals surface area contributed by atoms with Crippen molar-refractivity contribution in [3.8, 4) is 0 Å². The molecule has 0 radical (unpaired) electrons. The Bertz CT molecular complexity index is 675. The number of hydrogen-bond donors (Lipinski definition) is 2. The monoisotopic (exact) mass is 305 g/mol. The predicted octanol–water partition coefficient (Wildman–Crippen LogP) is 3.25. The van der Waals surface area contributed by atoms with Crippen LogP contribution in [0, 0.1) is 5.82 Å². The third-order valence-electron chi connectivity index (χ3n) is 2.63. The molecule has 0 aliphatic carbocycles. The van der Waals surface area contributed by atoms with E-state index in [1.165, 1.54) is 18.2 Å². The molecule has 0 fully saturated rings. The number of hydrogen-bond acceptors (Lipinski definition) is 3. The number of anilines is 1. The number of carboxylic acids is 1. The molecule has 21 heavy (non-hydrogen) atoms. The van der Waals surface area contributed by atoms with E-state index in [2.05, 4.69) is 5.32 Å². The van der Waals surface area contributed by atoms with Gasteiger partial charge < -0.3 is 10.4 Å². The van der Waals surface area contributed by atoms with Gasteiger partial charge in [0.2, 0.25) is 5.91 Å². The Morgan fingerprint density at radius 1 is 1.10 bits per heavy atom. The molecule has 1 amide bonds. The highest BCUT2D eigenvalue weighted by atomic mass is 32.2. The van der Waals surface area contributed by atoms with Crippen LogP contribution in [-0.2, 0) is 4.79 Å².